The van der Waals surface area contributed by atoms with Crippen molar-refractivity contribution in [1.82, 2.24) is 9.62 Å². The normalized spacial score (nSPS) is 18.9. The highest BCUT2D eigenvalue weighted by atomic mass is 35.5. The highest BCUT2D eigenvalue weighted by Gasteiger charge is 2.29. The van der Waals surface area contributed by atoms with Gasteiger partial charge in [0, 0.05) is 29.7 Å². The second-order valence-corrected chi connectivity index (χ2v) is 8.66. The van der Waals surface area contributed by atoms with Crippen LogP contribution in [-0.2, 0) is 10.0 Å². The zero-order chi connectivity index (χ0) is 15.7. The van der Waals surface area contributed by atoms with Crippen LogP contribution < -0.4 is 4.72 Å². The van der Waals surface area contributed by atoms with E-state index < -0.39 is 10.0 Å². The van der Waals surface area contributed by atoms with Crippen LogP contribution in [0, 0.1) is 0 Å². The van der Waals surface area contributed by atoms with Crippen LogP contribution in [0.4, 0.5) is 0 Å². The minimum absolute atomic E-state index is 0.00396. The van der Waals surface area contributed by atoms with Crippen LogP contribution in [0.25, 0.3) is 0 Å². The van der Waals surface area contributed by atoms with Gasteiger partial charge in [0.25, 0.3) is 0 Å². The van der Waals surface area contributed by atoms with E-state index in [1.165, 1.54) is 12.1 Å². The molecule has 1 aromatic carbocycles. The molecule has 0 aliphatic carbocycles. The Labute approximate surface area is 132 Å². The van der Waals surface area contributed by atoms with E-state index in [1.54, 1.807) is 12.1 Å². The van der Waals surface area contributed by atoms with Crippen molar-refractivity contribution in [1.29, 1.82) is 0 Å². The van der Waals surface area contributed by atoms with Crippen LogP contribution in [0.1, 0.15) is 33.6 Å². The van der Waals surface area contributed by atoms with Gasteiger partial charge in [0.2, 0.25) is 10.0 Å². The maximum absolute atomic E-state index is 12.3. The number of sulfonamides is 1. The number of benzene rings is 1. The Kier molecular flexibility index (Phi) is 4.98. The Morgan fingerprint density at radius 2 is 1.67 bits per heavy atom. The lowest BCUT2D eigenvalue weighted by molar-refractivity contribution is 0.100. The van der Waals surface area contributed by atoms with Crippen molar-refractivity contribution >= 4 is 21.6 Å². The highest BCUT2D eigenvalue weighted by molar-refractivity contribution is 7.89. The van der Waals surface area contributed by atoms with Gasteiger partial charge in [-0.25, -0.2) is 13.1 Å². The second kappa shape index (κ2) is 6.24. The maximum atomic E-state index is 12.3. The first kappa shape index (κ1) is 16.7. The number of nitrogens with one attached hydrogen (secondary N) is 1. The van der Waals surface area contributed by atoms with E-state index >= 15 is 0 Å². The van der Waals surface area contributed by atoms with Crippen LogP contribution >= 0.6 is 11.6 Å². The quantitative estimate of drug-likeness (QED) is 0.927. The molecule has 0 unspecified atom stereocenters. The summed E-state index contributed by atoms with van der Waals surface area (Å²) in [7, 11) is -3.46. The lowest BCUT2D eigenvalue weighted by Gasteiger charge is -2.40. The van der Waals surface area contributed by atoms with Crippen LogP contribution in [0.5, 0.6) is 0 Å². The predicted octanol–water partition coefficient (Wildman–Crippen LogP) is 2.88. The molecule has 1 fully saturated rings. The number of rotatable bonds is 3. The highest BCUT2D eigenvalue weighted by Crippen LogP contribution is 2.21. The minimum atomic E-state index is -3.46. The van der Waals surface area contributed by atoms with Crippen LogP contribution in [-0.4, -0.2) is 38.0 Å². The summed E-state index contributed by atoms with van der Waals surface area (Å²) in [5.74, 6) is 0. The summed E-state index contributed by atoms with van der Waals surface area (Å²) in [6.45, 7) is 8.39. The second-order valence-electron chi connectivity index (χ2n) is 6.51. The first-order chi connectivity index (χ1) is 9.68. The third kappa shape index (κ3) is 4.42. The van der Waals surface area contributed by atoms with E-state index in [0.717, 1.165) is 25.9 Å². The molecule has 1 saturated heterocycles. The van der Waals surface area contributed by atoms with Gasteiger partial charge in [-0.2, -0.15) is 0 Å². The summed E-state index contributed by atoms with van der Waals surface area (Å²) < 4.78 is 27.5. The molecule has 0 bridgehead atoms. The zero-order valence-electron chi connectivity index (χ0n) is 12.8. The van der Waals surface area contributed by atoms with Gasteiger partial charge in [-0.1, -0.05) is 11.6 Å². The van der Waals surface area contributed by atoms with Crippen molar-refractivity contribution in [2.24, 2.45) is 0 Å². The molecular weight excluding hydrogens is 308 g/mol. The fourth-order valence-electron chi connectivity index (χ4n) is 2.57. The number of likely N-dealkylation sites (tertiary alicyclic amines) is 1. The standard InChI is InChI=1S/C15H23ClN2O2S/c1-15(2,3)18-10-8-13(9-11-18)17-21(19,20)14-6-4-12(16)5-7-14/h4-7,13,17H,8-11H2,1-3H3. The monoisotopic (exact) mass is 330 g/mol. The molecule has 0 radical (unpaired) electrons. The third-order valence-electron chi connectivity index (χ3n) is 3.89. The molecular formula is C15H23ClN2O2S. The molecule has 118 valence electrons. The fourth-order valence-corrected chi connectivity index (χ4v) is 4.00. The molecule has 21 heavy (non-hydrogen) atoms. The van der Waals surface area contributed by atoms with Gasteiger partial charge in [0.05, 0.1) is 4.90 Å². The molecule has 1 aliphatic rings. The van der Waals surface area contributed by atoms with Crippen LogP contribution in [0.3, 0.4) is 0 Å². The van der Waals surface area contributed by atoms with Gasteiger partial charge in [-0.05, 0) is 57.9 Å². The van der Waals surface area contributed by atoms with Gasteiger partial charge in [0.15, 0.2) is 0 Å². The zero-order valence-corrected chi connectivity index (χ0v) is 14.3. The van der Waals surface area contributed by atoms with Crippen molar-refractivity contribution in [2.45, 2.75) is 50.1 Å². The molecule has 6 heteroatoms. The first-order valence-corrected chi connectivity index (χ1v) is 9.07. The molecule has 1 heterocycles. The Balaban J connectivity index is 1.98. The molecule has 4 nitrogen and oxygen atoms in total. The van der Waals surface area contributed by atoms with Gasteiger partial charge in [0.1, 0.15) is 0 Å². The summed E-state index contributed by atoms with van der Waals surface area (Å²) in [6, 6.07) is 6.27. The molecule has 1 aromatic rings. The number of hydrogen-bond acceptors (Lipinski definition) is 3. The summed E-state index contributed by atoms with van der Waals surface area (Å²) >= 11 is 5.79. The van der Waals surface area contributed by atoms with Gasteiger partial charge in [-0.15, -0.1) is 0 Å². The van der Waals surface area contributed by atoms with E-state index in [4.69, 9.17) is 11.6 Å². The Bertz CT molecular complexity index is 571. The molecule has 1 N–H and O–H groups in total. The molecule has 0 amide bonds. The van der Waals surface area contributed by atoms with E-state index in [2.05, 4.69) is 30.4 Å². The molecule has 0 atom stereocenters. The summed E-state index contributed by atoms with van der Waals surface area (Å²) in [5, 5.41) is 0.535. The summed E-state index contributed by atoms with van der Waals surface area (Å²) in [5.41, 5.74) is 0.139. The van der Waals surface area contributed by atoms with E-state index in [-0.39, 0.29) is 16.5 Å². The van der Waals surface area contributed by atoms with E-state index in [9.17, 15) is 8.42 Å². The van der Waals surface area contributed by atoms with Crippen molar-refractivity contribution in [3.8, 4) is 0 Å². The van der Waals surface area contributed by atoms with Crippen molar-refractivity contribution < 1.29 is 8.42 Å². The average Bonchev–Trinajstić information content (AvgIpc) is 2.38. The van der Waals surface area contributed by atoms with Gasteiger partial charge < -0.3 is 0 Å². The third-order valence-corrected chi connectivity index (χ3v) is 5.68. The number of halogens is 1. The first-order valence-electron chi connectivity index (χ1n) is 7.21. The summed E-state index contributed by atoms with van der Waals surface area (Å²) in [4.78, 5) is 2.66. The maximum Gasteiger partial charge on any atom is 0.240 e. The minimum Gasteiger partial charge on any atom is -0.298 e. The van der Waals surface area contributed by atoms with Crippen LogP contribution in [0.15, 0.2) is 29.2 Å². The molecule has 0 spiro atoms. The van der Waals surface area contributed by atoms with Gasteiger partial charge in [-0.3, -0.25) is 4.90 Å². The average molecular weight is 331 g/mol. The molecule has 0 aromatic heterocycles. The van der Waals surface area contributed by atoms with Crippen molar-refractivity contribution in [3.63, 3.8) is 0 Å². The number of piperidine rings is 1. The summed E-state index contributed by atoms with van der Waals surface area (Å²) in [6.07, 6.45) is 1.67. The fraction of sp³-hybridized carbons (Fsp3) is 0.600. The van der Waals surface area contributed by atoms with Crippen molar-refractivity contribution in [2.75, 3.05) is 13.1 Å². The van der Waals surface area contributed by atoms with Crippen molar-refractivity contribution in [3.05, 3.63) is 29.3 Å². The molecule has 1 aliphatic heterocycles. The molecule has 0 saturated carbocycles. The van der Waals surface area contributed by atoms with Crippen LogP contribution in [0.2, 0.25) is 5.02 Å². The number of hydrogen-bond donors (Lipinski definition) is 1. The van der Waals surface area contributed by atoms with Gasteiger partial charge >= 0.3 is 0 Å². The lowest BCUT2D eigenvalue weighted by Crippen LogP contribution is -2.50. The molecule has 2 rings (SSSR count). The van der Waals surface area contributed by atoms with E-state index in [1.807, 2.05) is 0 Å². The lowest BCUT2D eigenvalue weighted by atomic mass is 9.99. The Hall–Kier alpha value is -0.620. The largest absolute Gasteiger partial charge is 0.298 e. The topological polar surface area (TPSA) is 49.4 Å². The smallest absolute Gasteiger partial charge is 0.240 e. The van der Waals surface area contributed by atoms with E-state index in [0.29, 0.717) is 5.02 Å². The predicted molar refractivity (Wildman–Crippen MR) is 86.1 cm³/mol. The number of nitrogens with zero attached hydrogens (tertiary/aromatic N) is 1. The SMILES string of the molecule is CC(C)(C)N1CCC(NS(=O)(=O)c2ccc(Cl)cc2)CC1. The Morgan fingerprint density at radius 3 is 2.14 bits per heavy atom. The Morgan fingerprint density at radius 1 is 1.14 bits per heavy atom.